The highest BCUT2D eigenvalue weighted by molar-refractivity contribution is 7.89. The van der Waals surface area contributed by atoms with Crippen LogP contribution in [0, 0.1) is 0 Å². The topological polar surface area (TPSA) is 70.9 Å². The van der Waals surface area contributed by atoms with Crippen molar-refractivity contribution in [3.8, 4) is 0 Å². The molecule has 158 valence electrons. The summed E-state index contributed by atoms with van der Waals surface area (Å²) in [5.74, 6) is -0.263. The highest BCUT2D eigenvalue weighted by Gasteiger charge is 2.23. The number of amides is 1. The van der Waals surface area contributed by atoms with Crippen LogP contribution in [0.15, 0.2) is 59.5 Å². The number of carbonyl (C=O) groups is 1. The molecule has 0 aliphatic heterocycles. The van der Waals surface area contributed by atoms with E-state index in [4.69, 9.17) is 0 Å². The quantitative estimate of drug-likeness (QED) is 0.609. The molecule has 0 aromatic heterocycles. The van der Waals surface area contributed by atoms with Crippen LogP contribution in [0.25, 0.3) is 0 Å². The normalized spacial score (nSPS) is 12.9. The van der Waals surface area contributed by atoms with Gasteiger partial charge in [-0.1, -0.05) is 50.2 Å². The number of likely N-dealkylation sites (N-methyl/N-ethyl adjacent to an activating group) is 1. The van der Waals surface area contributed by atoms with Crippen molar-refractivity contribution in [3.63, 3.8) is 0 Å². The van der Waals surface area contributed by atoms with Crippen molar-refractivity contribution < 1.29 is 18.1 Å². The van der Waals surface area contributed by atoms with Crippen LogP contribution < -0.4 is 10.2 Å². The first kappa shape index (κ1) is 23.1. The highest BCUT2D eigenvalue weighted by atomic mass is 32.2. The predicted molar refractivity (Wildman–Crippen MR) is 116 cm³/mol. The Morgan fingerprint density at radius 1 is 1.03 bits per heavy atom. The summed E-state index contributed by atoms with van der Waals surface area (Å²) in [7, 11) is 0.540. The Morgan fingerprint density at radius 3 is 2.28 bits per heavy atom. The summed E-state index contributed by atoms with van der Waals surface area (Å²) in [5, 5.41) is 2.97. The molecule has 0 saturated heterocycles. The van der Waals surface area contributed by atoms with Gasteiger partial charge in [0, 0.05) is 25.1 Å². The van der Waals surface area contributed by atoms with Gasteiger partial charge in [-0.25, -0.2) is 8.42 Å². The Labute approximate surface area is 174 Å². The van der Waals surface area contributed by atoms with E-state index in [1.807, 2.05) is 18.2 Å². The number of quaternary nitrogens is 1. The van der Waals surface area contributed by atoms with E-state index in [0.29, 0.717) is 25.2 Å². The third kappa shape index (κ3) is 6.13. The molecule has 2 aromatic carbocycles. The lowest BCUT2D eigenvalue weighted by Gasteiger charge is -2.22. The average molecular weight is 419 g/mol. The van der Waals surface area contributed by atoms with Crippen LogP contribution >= 0.6 is 0 Å². The lowest BCUT2D eigenvalue weighted by Crippen LogP contribution is -3.11. The van der Waals surface area contributed by atoms with Crippen LogP contribution in [-0.4, -0.2) is 58.4 Å². The molecule has 1 atom stereocenters. The smallest absolute Gasteiger partial charge is 0.251 e. The maximum atomic E-state index is 12.7. The first-order valence-corrected chi connectivity index (χ1v) is 11.5. The zero-order valence-corrected chi connectivity index (χ0v) is 18.5. The fourth-order valence-corrected chi connectivity index (χ4v) is 4.71. The number of sulfonamides is 1. The van der Waals surface area contributed by atoms with Gasteiger partial charge in [-0.15, -0.1) is 0 Å². The first-order valence-electron chi connectivity index (χ1n) is 10.0. The zero-order valence-electron chi connectivity index (χ0n) is 17.7. The van der Waals surface area contributed by atoms with Crippen molar-refractivity contribution in [2.75, 3.05) is 33.7 Å². The van der Waals surface area contributed by atoms with Crippen LogP contribution in [0.3, 0.4) is 0 Å². The van der Waals surface area contributed by atoms with Crippen molar-refractivity contribution in [1.29, 1.82) is 0 Å². The molecule has 1 amide bonds. The minimum absolute atomic E-state index is 0.146. The number of nitrogens with zero attached hydrogens (tertiary/aromatic N) is 1. The fourth-order valence-electron chi connectivity index (χ4n) is 3.21. The minimum atomic E-state index is -3.59. The molecule has 2 rings (SSSR count). The van der Waals surface area contributed by atoms with E-state index in [9.17, 15) is 13.2 Å². The van der Waals surface area contributed by atoms with Gasteiger partial charge in [0.15, 0.2) is 0 Å². The number of nitrogens with one attached hydrogen (secondary N) is 2. The number of carbonyl (C=O) groups excluding carboxylic acids is 1. The van der Waals surface area contributed by atoms with Gasteiger partial charge in [0.05, 0.1) is 25.5 Å². The Kier molecular flexibility index (Phi) is 8.37. The molecule has 29 heavy (non-hydrogen) atoms. The van der Waals surface area contributed by atoms with Gasteiger partial charge in [0.25, 0.3) is 5.91 Å². The van der Waals surface area contributed by atoms with E-state index in [1.165, 1.54) is 26.9 Å². The lowest BCUT2D eigenvalue weighted by atomic mass is 10.1. The third-order valence-electron chi connectivity index (χ3n) is 5.09. The summed E-state index contributed by atoms with van der Waals surface area (Å²) in [4.78, 5) is 14.1. The molecular formula is C22H32N3O3S+. The van der Waals surface area contributed by atoms with Crippen LogP contribution in [0.2, 0.25) is 0 Å². The zero-order chi connectivity index (χ0) is 21.4. The summed E-state index contributed by atoms with van der Waals surface area (Å²) >= 11 is 0. The molecule has 0 aliphatic rings. The van der Waals surface area contributed by atoms with E-state index in [2.05, 4.69) is 31.5 Å². The molecule has 0 unspecified atom stereocenters. The summed E-state index contributed by atoms with van der Waals surface area (Å²) in [6.07, 6.45) is 0.847. The van der Waals surface area contributed by atoms with Crippen molar-refractivity contribution in [2.24, 2.45) is 0 Å². The number of hydrogen-bond donors (Lipinski definition) is 2. The van der Waals surface area contributed by atoms with E-state index in [-0.39, 0.29) is 16.8 Å². The van der Waals surface area contributed by atoms with E-state index >= 15 is 0 Å². The van der Waals surface area contributed by atoms with Crippen LogP contribution in [-0.2, 0) is 16.4 Å². The molecule has 7 heteroatoms. The third-order valence-corrected chi connectivity index (χ3v) is 7.14. The summed E-state index contributed by atoms with van der Waals surface area (Å²) in [5.41, 5.74) is 1.57. The molecule has 0 aliphatic carbocycles. The molecule has 0 spiro atoms. The minimum Gasteiger partial charge on any atom is -0.346 e. The Morgan fingerprint density at radius 2 is 1.69 bits per heavy atom. The molecule has 6 nitrogen and oxygen atoms in total. The number of rotatable bonds is 10. The van der Waals surface area contributed by atoms with Crippen molar-refractivity contribution in [3.05, 3.63) is 65.7 Å². The first-order chi connectivity index (χ1) is 13.8. The second-order valence-corrected chi connectivity index (χ2v) is 9.23. The van der Waals surface area contributed by atoms with Crippen LogP contribution in [0.5, 0.6) is 0 Å². The predicted octanol–water partition coefficient (Wildman–Crippen LogP) is 1.20. The van der Waals surface area contributed by atoms with Gasteiger partial charge in [0.1, 0.15) is 6.04 Å². The van der Waals surface area contributed by atoms with Gasteiger partial charge in [0.2, 0.25) is 10.0 Å². The SMILES string of the molecule is CCN(CC)S(=O)(=O)c1cccc(C(=O)NC[C@H](Cc2ccccc2)[NH+](C)C)c1. The van der Waals surface area contributed by atoms with Crippen LogP contribution in [0.4, 0.5) is 0 Å². The van der Waals surface area contributed by atoms with E-state index in [1.54, 1.807) is 26.0 Å². The second-order valence-electron chi connectivity index (χ2n) is 7.29. The molecule has 2 N–H and O–H groups in total. The summed E-state index contributed by atoms with van der Waals surface area (Å²) in [6, 6.07) is 16.6. The largest absolute Gasteiger partial charge is 0.346 e. The van der Waals surface area contributed by atoms with E-state index < -0.39 is 10.0 Å². The average Bonchev–Trinajstić information content (AvgIpc) is 2.72. The van der Waals surface area contributed by atoms with Crippen molar-refractivity contribution in [2.45, 2.75) is 31.2 Å². The van der Waals surface area contributed by atoms with Gasteiger partial charge in [-0.2, -0.15) is 4.31 Å². The standard InChI is InChI=1S/C22H31N3O3S/c1-5-25(6-2)29(27,28)21-14-10-13-19(16-21)22(26)23-17-20(24(3)4)15-18-11-8-7-9-12-18/h7-14,16,20H,5-6,15,17H2,1-4H3,(H,23,26)/p+1/t20-/m0/s1. The summed E-state index contributed by atoms with van der Waals surface area (Å²) in [6.45, 7) is 4.88. The number of benzene rings is 2. The Hall–Kier alpha value is -2.22. The van der Waals surface area contributed by atoms with Crippen LogP contribution in [0.1, 0.15) is 29.8 Å². The molecule has 0 radical (unpaired) electrons. The maximum Gasteiger partial charge on any atom is 0.251 e. The van der Waals surface area contributed by atoms with Gasteiger partial charge in [-0.3, -0.25) is 4.79 Å². The second kappa shape index (κ2) is 10.5. The number of hydrogen-bond acceptors (Lipinski definition) is 3. The molecule has 0 heterocycles. The molecule has 2 aromatic rings. The Bertz CT molecular complexity index is 895. The molecule has 0 fully saturated rings. The molecular weight excluding hydrogens is 386 g/mol. The van der Waals surface area contributed by atoms with Gasteiger partial charge < -0.3 is 10.2 Å². The molecule has 0 bridgehead atoms. The van der Waals surface area contributed by atoms with Gasteiger partial charge >= 0.3 is 0 Å². The lowest BCUT2D eigenvalue weighted by molar-refractivity contribution is -0.884. The molecule has 0 saturated carbocycles. The van der Waals surface area contributed by atoms with E-state index in [0.717, 1.165) is 6.42 Å². The van der Waals surface area contributed by atoms with Crippen molar-refractivity contribution in [1.82, 2.24) is 9.62 Å². The summed E-state index contributed by atoms with van der Waals surface area (Å²) < 4.78 is 26.8. The van der Waals surface area contributed by atoms with Crippen molar-refractivity contribution >= 4 is 15.9 Å². The maximum absolute atomic E-state index is 12.7. The monoisotopic (exact) mass is 418 g/mol. The van der Waals surface area contributed by atoms with Gasteiger partial charge in [-0.05, 0) is 23.8 Å². The Balaban J connectivity index is 2.10. The fraction of sp³-hybridized carbons (Fsp3) is 0.409. The highest BCUT2D eigenvalue weighted by Crippen LogP contribution is 2.17.